The van der Waals surface area contributed by atoms with Crippen LogP contribution in [-0.2, 0) is 4.74 Å². The van der Waals surface area contributed by atoms with Gasteiger partial charge in [-0.1, -0.05) is 19.5 Å². The maximum absolute atomic E-state index is 8.20. The third kappa shape index (κ3) is 2.78. The highest BCUT2D eigenvalue weighted by Gasteiger charge is 2.25. The summed E-state index contributed by atoms with van der Waals surface area (Å²) in [4.78, 5) is 2.80. The van der Waals surface area contributed by atoms with Gasteiger partial charge in [0.25, 0.3) is 0 Å². The van der Waals surface area contributed by atoms with E-state index in [4.69, 9.17) is 10.3 Å². The summed E-state index contributed by atoms with van der Waals surface area (Å²) in [6, 6.07) is 0. The minimum Gasteiger partial charge on any atom is -0.381 e. The van der Waals surface area contributed by atoms with Gasteiger partial charge in [-0.15, -0.1) is 0 Å². The lowest BCUT2D eigenvalue weighted by Crippen LogP contribution is -2.30. The Morgan fingerprint density at radius 1 is 1.45 bits per heavy atom. The van der Waals surface area contributed by atoms with E-state index in [-0.39, 0.29) is 13.0 Å². The van der Waals surface area contributed by atoms with Crippen molar-refractivity contribution in [2.24, 2.45) is 5.11 Å². The molecular formula is C7H15N3O. The highest BCUT2D eigenvalue weighted by atomic mass is 16.5. The molecule has 0 unspecified atom stereocenters. The molecule has 1 aliphatic heterocycles. The molecule has 0 aliphatic carbocycles. The van der Waals surface area contributed by atoms with E-state index in [0.29, 0.717) is 0 Å². The topological polar surface area (TPSA) is 58.0 Å². The fraction of sp³-hybridized carbons (Fsp3) is 1.00. The zero-order chi connectivity index (χ0) is 7.45. The number of hydrogen-bond donors (Lipinski definition) is 0. The van der Waals surface area contributed by atoms with Crippen LogP contribution in [-0.4, -0.2) is 18.8 Å². The van der Waals surface area contributed by atoms with Gasteiger partial charge < -0.3 is 4.74 Å². The van der Waals surface area contributed by atoms with Crippen molar-refractivity contribution in [2.75, 3.05) is 13.2 Å². The van der Waals surface area contributed by atoms with Crippen LogP contribution in [0.4, 0.5) is 0 Å². The lowest BCUT2D eigenvalue weighted by molar-refractivity contribution is 0.0595. The molecule has 0 atom stereocenters. The first-order valence-corrected chi connectivity index (χ1v) is 3.41. The van der Waals surface area contributed by atoms with Crippen LogP contribution in [0, 0.1) is 0 Å². The van der Waals surface area contributed by atoms with E-state index in [0.717, 1.165) is 26.1 Å². The molecule has 1 fully saturated rings. The fourth-order valence-corrected chi connectivity index (χ4v) is 1.02. The molecule has 0 spiro atoms. The minimum absolute atomic E-state index is 0. The monoisotopic (exact) mass is 157 g/mol. The minimum atomic E-state index is -0.187. The summed E-state index contributed by atoms with van der Waals surface area (Å²) < 4.78 is 5.13. The lowest BCUT2D eigenvalue weighted by atomic mass is 9.94. The first kappa shape index (κ1) is 10.3. The van der Waals surface area contributed by atoms with E-state index in [1.165, 1.54) is 0 Å². The van der Waals surface area contributed by atoms with Crippen LogP contribution in [0.1, 0.15) is 27.2 Å². The molecule has 0 aromatic carbocycles. The summed E-state index contributed by atoms with van der Waals surface area (Å²) in [6.45, 7) is 3.40. The Hall–Kier alpha value is -0.730. The Morgan fingerprint density at radius 2 is 2.00 bits per heavy atom. The van der Waals surface area contributed by atoms with Crippen molar-refractivity contribution in [3.8, 4) is 0 Å². The van der Waals surface area contributed by atoms with Crippen LogP contribution >= 0.6 is 0 Å². The van der Waals surface area contributed by atoms with Crippen LogP contribution < -0.4 is 0 Å². The van der Waals surface area contributed by atoms with Gasteiger partial charge in [0, 0.05) is 18.1 Å². The Balaban J connectivity index is 0.000001000. The van der Waals surface area contributed by atoms with Crippen LogP contribution in [0.3, 0.4) is 0 Å². The number of rotatable bonds is 1. The average Bonchev–Trinajstić information content (AvgIpc) is 1.89. The Morgan fingerprint density at radius 3 is 2.45 bits per heavy atom. The first-order valence-electron chi connectivity index (χ1n) is 3.41. The van der Waals surface area contributed by atoms with Crippen molar-refractivity contribution in [3.63, 3.8) is 0 Å². The van der Waals surface area contributed by atoms with Crippen molar-refractivity contribution in [3.05, 3.63) is 10.4 Å². The fourth-order valence-electron chi connectivity index (χ4n) is 1.02. The molecule has 0 aromatic heterocycles. The molecule has 4 nitrogen and oxygen atoms in total. The van der Waals surface area contributed by atoms with Crippen molar-refractivity contribution in [1.29, 1.82) is 0 Å². The maximum Gasteiger partial charge on any atom is 0.0503 e. The normalized spacial score (nSPS) is 21.2. The molecule has 0 amide bonds. The summed E-state index contributed by atoms with van der Waals surface area (Å²) in [5, 5.41) is 3.72. The Bertz CT molecular complexity index is 157. The molecule has 0 N–H and O–H groups in total. The van der Waals surface area contributed by atoms with Crippen LogP contribution in [0.15, 0.2) is 5.11 Å². The van der Waals surface area contributed by atoms with Gasteiger partial charge in [-0.05, 0) is 18.4 Å². The molecule has 0 bridgehead atoms. The molecule has 0 radical (unpaired) electrons. The summed E-state index contributed by atoms with van der Waals surface area (Å²) in [6.07, 6.45) is 1.69. The van der Waals surface area contributed by atoms with Crippen LogP contribution in [0.25, 0.3) is 10.4 Å². The summed E-state index contributed by atoms with van der Waals surface area (Å²) in [7, 11) is 0. The van der Waals surface area contributed by atoms with Crippen LogP contribution in [0.5, 0.6) is 0 Å². The quantitative estimate of drug-likeness (QED) is 0.327. The molecule has 1 heterocycles. The number of ether oxygens (including phenoxy) is 1. The molecule has 11 heavy (non-hydrogen) atoms. The lowest BCUT2D eigenvalue weighted by Gasteiger charge is -2.27. The van der Waals surface area contributed by atoms with Crippen molar-refractivity contribution in [1.82, 2.24) is 0 Å². The van der Waals surface area contributed by atoms with Crippen molar-refractivity contribution < 1.29 is 4.74 Å². The molecule has 0 aromatic rings. The third-order valence-corrected chi connectivity index (χ3v) is 1.86. The van der Waals surface area contributed by atoms with Gasteiger partial charge in [0.1, 0.15) is 0 Å². The maximum atomic E-state index is 8.20. The third-order valence-electron chi connectivity index (χ3n) is 1.86. The first-order chi connectivity index (χ1) is 4.77. The molecule has 4 heteroatoms. The highest BCUT2D eigenvalue weighted by Crippen LogP contribution is 2.23. The zero-order valence-electron chi connectivity index (χ0n) is 6.08. The van der Waals surface area contributed by atoms with Gasteiger partial charge in [-0.25, -0.2) is 0 Å². The van der Waals surface area contributed by atoms with Gasteiger partial charge in [-0.3, -0.25) is 0 Å². The van der Waals surface area contributed by atoms with Crippen LogP contribution in [0.2, 0.25) is 0 Å². The molecule has 0 saturated carbocycles. The predicted molar refractivity (Wildman–Crippen MR) is 44.3 cm³/mol. The van der Waals surface area contributed by atoms with Crippen molar-refractivity contribution in [2.45, 2.75) is 32.7 Å². The Kier molecular flexibility index (Phi) is 3.93. The predicted octanol–water partition coefficient (Wildman–Crippen LogP) is 2.50. The van der Waals surface area contributed by atoms with Crippen molar-refractivity contribution >= 4 is 0 Å². The second kappa shape index (κ2) is 4.21. The number of hydrogen-bond acceptors (Lipinski definition) is 2. The second-order valence-electron chi connectivity index (χ2n) is 2.80. The molecule has 1 saturated heterocycles. The van der Waals surface area contributed by atoms with E-state index >= 15 is 0 Å². The van der Waals surface area contributed by atoms with Gasteiger partial charge in [0.2, 0.25) is 0 Å². The smallest absolute Gasteiger partial charge is 0.0503 e. The number of nitrogens with zero attached hydrogens (tertiary/aromatic N) is 3. The van der Waals surface area contributed by atoms with Gasteiger partial charge in [-0.2, -0.15) is 0 Å². The highest BCUT2D eigenvalue weighted by molar-refractivity contribution is 4.85. The van der Waals surface area contributed by atoms with E-state index in [1.807, 2.05) is 6.92 Å². The van der Waals surface area contributed by atoms with Gasteiger partial charge in [0.05, 0.1) is 5.54 Å². The SMILES string of the molecule is C.CC1(N=[N+]=[N-])CCOCC1. The Labute approximate surface area is 67.2 Å². The average molecular weight is 157 g/mol. The molecule has 1 rings (SSSR count). The molecular weight excluding hydrogens is 142 g/mol. The zero-order valence-corrected chi connectivity index (χ0v) is 6.08. The van der Waals surface area contributed by atoms with E-state index < -0.39 is 0 Å². The number of azide groups is 1. The summed E-state index contributed by atoms with van der Waals surface area (Å²) in [5.41, 5.74) is 8.01. The van der Waals surface area contributed by atoms with E-state index in [2.05, 4.69) is 10.0 Å². The van der Waals surface area contributed by atoms with E-state index in [1.54, 1.807) is 0 Å². The standard InChI is InChI=1S/C6H11N3O.CH4/c1-6(8-9-7)2-4-10-5-3-6;/h2-5H2,1H3;1H4. The largest absolute Gasteiger partial charge is 0.381 e. The van der Waals surface area contributed by atoms with Gasteiger partial charge >= 0.3 is 0 Å². The molecule has 64 valence electrons. The van der Waals surface area contributed by atoms with E-state index in [9.17, 15) is 0 Å². The van der Waals surface area contributed by atoms with Gasteiger partial charge in [0.15, 0.2) is 0 Å². The second-order valence-corrected chi connectivity index (χ2v) is 2.80. The molecule has 1 aliphatic rings. The summed E-state index contributed by atoms with van der Waals surface area (Å²) in [5.74, 6) is 0. The summed E-state index contributed by atoms with van der Waals surface area (Å²) >= 11 is 0.